The summed E-state index contributed by atoms with van der Waals surface area (Å²) >= 11 is 6.46. The number of fused-ring (bicyclic) bond motifs is 4. The molecule has 0 amide bonds. The van der Waals surface area contributed by atoms with Crippen LogP contribution in [0.1, 0.15) is 28.4 Å². The molecule has 1 N–H and O–H groups in total. The Kier molecular flexibility index (Phi) is 4.02. The molecule has 4 nitrogen and oxygen atoms in total. The third-order valence-electron chi connectivity index (χ3n) is 5.58. The quantitative estimate of drug-likeness (QED) is 0.362. The minimum atomic E-state index is -0.231. The Morgan fingerprint density at radius 2 is 1.96 bits per heavy atom. The molecule has 0 saturated carbocycles. The van der Waals surface area contributed by atoms with E-state index in [1.54, 1.807) is 11.5 Å². The molecule has 0 bridgehead atoms. The number of hydrogen-bond acceptors (Lipinski definition) is 3. The van der Waals surface area contributed by atoms with Gasteiger partial charge in [-0.25, -0.2) is 0 Å². The molecule has 0 spiro atoms. The summed E-state index contributed by atoms with van der Waals surface area (Å²) in [7, 11) is 1.64. The summed E-state index contributed by atoms with van der Waals surface area (Å²) in [5.74, 6) is 0.640. The first-order valence-corrected chi connectivity index (χ1v) is 9.65. The zero-order valence-electron chi connectivity index (χ0n) is 15.4. The predicted octanol–water partition coefficient (Wildman–Crippen LogP) is 5.66. The highest BCUT2D eigenvalue weighted by Gasteiger charge is 2.32. The molecular formula is C23H19ClN2O2. The average Bonchev–Trinajstić information content (AvgIpc) is 3.16. The number of carbonyl (C=O) groups excluding carboxylic acids is 1. The van der Waals surface area contributed by atoms with Crippen molar-refractivity contribution in [2.75, 3.05) is 18.1 Å². The Morgan fingerprint density at radius 1 is 1.11 bits per heavy atom. The summed E-state index contributed by atoms with van der Waals surface area (Å²) in [5.41, 5.74) is 3.48. The predicted molar refractivity (Wildman–Crippen MR) is 114 cm³/mol. The van der Waals surface area contributed by atoms with Crippen LogP contribution in [-0.2, 0) is 0 Å². The van der Waals surface area contributed by atoms with Gasteiger partial charge in [0.25, 0.3) is 0 Å². The molecule has 0 aliphatic carbocycles. The summed E-state index contributed by atoms with van der Waals surface area (Å²) in [5, 5.41) is 3.17. The van der Waals surface area contributed by atoms with E-state index in [9.17, 15) is 4.79 Å². The largest absolute Gasteiger partial charge is 0.497 e. The second-order valence-electron chi connectivity index (χ2n) is 7.15. The van der Waals surface area contributed by atoms with E-state index in [2.05, 4.69) is 23.2 Å². The normalized spacial score (nSPS) is 16.4. The summed E-state index contributed by atoms with van der Waals surface area (Å²) in [6.07, 6.45) is 0.683. The van der Waals surface area contributed by atoms with Gasteiger partial charge < -0.3 is 9.72 Å². The van der Waals surface area contributed by atoms with Crippen molar-refractivity contribution in [2.45, 2.75) is 12.3 Å². The van der Waals surface area contributed by atoms with E-state index in [0.717, 1.165) is 38.7 Å². The molecule has 5 rings (SSSR count). The van der Waals surface area contributed by atoms with Crippen molar-refractivity contribution in [3.05, 3.63) is 71.9 Å². The number of hydrogen-bond donors (Lipinski definition) is 1. The molecule has 1 atom stereocenters. The molecular weight excluding hydrogens is 372 g/mol. The van der Waals surface area contributed by atoms with E-state index in [1.807, 2.05) is 42.5 Å². The number of nitrogens with one attached hydrogen (secondary N) is 1. The summed E-state index contributed by atoms with van der Waals surface area (Å²) in [6.45, 7) is 0.636. The van der Waals surface area contributed by atoms with Gasteiger partial charge in [0.15, 0.2) is 5.78 Å². The van der Waals surface area contributed by atoms with Crippen LogP contribution in [0.3, 0.4) is 0 Å². The number of benzene rings is 3. The first-order valence-electron chi connectivity index (χ1n) is 9.31. The second-order valence-corrected chi connectivity index (χ2v) is 7.56. The first-order chi connectivity index (χ1) is 13.7. The van der Waals surface area contributed by atoms with Crippen LogP contribution < -0.4 is 9.16 Å². The Hall–Kier alpha value is -2.98. The Labute approximate surface area is 167 Å². The van der Waals surface area contributed by atoms with Crippen molar-refractivity contribution in [3.63, 3.8) is 0 Å². The van der Waals surface area contributed by atoms with Gasteiger partial charge in [-0.2, -0.15) is 0 Å². The third-order valence-corrected chi connectivity index (χ3v) is 5.93. The Balaban J connectivity index is 1.63. The minimum absolute atomic E-state index is 0.0949. The fourth-order valence-electron chi connectivity index (χ4n) is 4.19. The number of Topliss-reactive ketones (excluding diaryl/α,β-unsaturated/α-hetero) is 1. The number of rotatable bonds is 3. The highest BCUT2D eigenvalue weighted by molar-refractivity contribution is 6.27. The van der Waals surface area contributed by atoms with Crippen molar-refractivity contribution in [2.24, 2.45) is 0 Å². The first kappa shape index (κ1) is 17.1. The average molecular weight is 391 g/mol. The van der Waals surface area contributed by atoms with Crippen molar-refractivity contribution < 1.29 is 9.53 Å². The van der Waals surface area contributed by atoms with Crippen molar-refractivity contribution in [1.29, 1.82) is 0 Å². The van der Waals surface area contributed by atoms with Crippen molar-refractivity contribution >= 4 is 44.9 Å². The third kappa shape index (κ3) is 2.64. The molecule has 0 saturated heterocycles. The van der Waals surface area contributed by atoms with Crippen LogP contribution in [0.2, 0.25) is 0 Å². The smallest absolute Gasteiger partial charge is 0.186 e. The molecule has 1 aliphatic rings. The monoisotopic (exact) mass is 390 g/mol. The van der Waals surface area contributed by atoms with Gasteiger partial charge in [-0.3, -0.25) is 9.21 Å². The zero-order chi connectivity index (χ0) is 19.3. The van der Waals surface area contributed by atoms with Crippen LogP contribution in [0, 0.1) is 0 Å². The van der Waals surface area contributed by atoms with Crippen LogP contribution in [0.5, 0.6) is 5.75 Å². The van der Waals surface area contributed by atoms with Crippen LogP contribution in [0.4, 0.5) is 5.69 Å². The summed E-state index contributed by atoms with van der Waals surface area (Å²) < 4.78 is 7.02. The summed E-state index contributed by atoms with van der Waals surface area (Å²) in [4.78, 5) is 16.8. The number of halogens is 1. The molecule has 0 radical (unpaired) electrons. The molecule has 1 aliphatic heterocycles. The number of anilines is 1. The zero-order valence-corrected chi connectivity index (χ0v) is 16.2. The van der Waals surface area contributed by atoms with Gasteiger partial charge in [0.1, 0.15) is 5.75 Å². The minimum Gasteiger partial charge on any atom is -0.497 e. The van der Waals surface area contributed by atoms with Gasteiger partial charge in [0.2, 0.25) is 0 Å². The lowest BCUT2D eigenvalue weighted by Crippen LogP contribution is -2.27. The maximum Gasteiger partial charge on any atom is 0.186 e. The maximum atomic E-state index is 13.5. The van der Waals surface area contributed by atoms with E-state index < -0.39 is 0 Å². The van der Waals surface area contributed by atoms with Gasteiger partial charge in [-0.15, -0.1) is 0 Å². The highest BCUT2D eigenvalue weighted by atomic mass is 35.5. The van der Waals surface area contributed by atoms with E-state index in [0.29, 0.717) is 18.7 Å². The fourth-order valence-corrected chi connectivity index (χ4v) is 4.43. The fraction of sp³-hybridized carbons (Fsp3) is 0.174. The molecule has 28 heavy (non-hydrogen) atoms. The van der Waals surface area contributed by atoms with Gasteiger partial charge in [-0.1, -0.05) is 30.3 Å². The van der Waals surface area contributed by atoms with Gasteiger partial charge in [-0.05, 0) is 53.1 Å². The molecule has 5 heteroatoms. The number of ether oxygens (including phenoxy) is 1. The second kappa shape index (κ2) is 6.57. The van der Waals surface area contributed by atoms with Gasteiger partial charge in [0.05, 0.1) is 24.4 Å². The number of ketones is 1. The number of methoxy groups -OCH3 is 1. The number of nitrogens with zero attached hydrogens (tertiary/aromatic N) is 1. The number of H-pyrrole nitrogens is 1. The molecule has 2 heterocycles. The van der Waals surface area contributed by atoms with Crippen molar-refractivity contribution in [1.82, 2.24) is 4.98 Å². The maximum absolute atomic E-state index is 13.5. The van der Waals surface area contributed by atoms with Gasteiger partial charge in [0, 0.05) is 29.2 Å². The molecule has 1 aromatic heterocycles. The van der Waals surface area contributed by atoms with E-state index in [1.165, 1.54) is 0 Å². The van der Waals surface area contributed by atoms with Crippen LogP contribution >= 0.6 is 11.8 Å². The Morgan fingerprint density at radius 3 is 2.82 bits per heavy atom. The SMILES string of the molecule is COc1ccc2[nH]c(C(=O)C3CCN(Cl)c4ccc5ccccc5c43)cc2c1. The van der Waals surface area contributed by atoms with Crippen LogP contribution in [0.25, 0.3) is 21.7 Å². The summed E-state index contributed by atoms with van der Waals surface area (Å²) in [6, 6.07) is 19.9. The lowest BCUT2D eigenvalue weighted by Gasteiger charge is -2.31. The molecule has 0 fully saturated rings. The standard InChI is InChI=1S/C23H19ClN2O2/c1-28-16-7-8-19-15(12-16)13-20(25-19)23(27)18-10-11-26(24)21-9-6-14-4-2-3-5-17(14)22(18)21/h2-9,12-13,18,25H,10-11H2,1H3. The molecule has 4 aromatic rings. The number of aromatic nitrogens is 1. The lowest BCUT2D eigenvalue weighted by atomic mass is 9.83. The highest BCUT2D eigenvalue weighted by Crippen LogP contribution is 2.42. The topological polar surface area (TPSA) is 45.3 Å². The number of aromatic amines is 1. The molecule has 3 aromatic carbocycles. The van der Waals surface area contributed by atoms with Crippen molar-refractivity contribution in [3.8, 4) is 5.75 Å². The van der Waals surface area contributed by atoms with E-state index in [-0.39, 0.29) is 11.7 Å². The Bertz CT molecular complexity index is 1210. The van der Waals surface area contributed by atoms with Crippen LogP contribution in [-0.4, -0.2) is 24.4 Å². The molecule has 1 unspecified atom stereocenters. The van der Waals surface area contributed by atoms with E-state index in [4.69, 9.17) is 16.5 Å². The lowest BCUT2D eigenvalue weighted by molar-refractivity contribution is 0.0951. The molecule has 140 valence electrons. The van der Waals surface area contributed by atoms with E-state index >= 15 is 0 Å². The van der Waals surface area contributed by atoms with Gasteiger partial charge >= 0.3 is 0 Å². The number of carbonyl (C=O) groups is 1. The van der Waals surface area contributed by atoms with Crippen LogP contribution in [0.15, 0.2) is 60.7 Å².